The Bertz CT molecular complexity index is 790. The van der Waals surface area contributed by atoms with Crippen LogP contribution in [0.5, 0.6) is 5.75 Å². The summed E-state index contributed by atoms with van der Waals surface area (Å²) >= 11 is 0. The number of methoxy groups -OCH3 is 1. The van der Waals surface area contributed by atoms with Crippen LogP contribution in [0.25, 0.3) is 11.3 Å². The van der Waals surface area contributed by atoms with Gasteiger partial charge in [-0.15, -0.1) is 0 Å². The molecule has 1 amide bonds. The second-order valence-corrected chi connectivity index (χ2v) is 6.42. The molecular weight excluding hydrogens is 318 g/mol. The van der Waals surface area contributed by atoms with Crippen molar-refractivity contribution in [3.05, 3.63) is 46.8 Å². The smallest absolute Gasteiger partial charge is 0.266 e. The third-order valence-electron chi connectivity index (χ3n) is 4.74. The zero-order valence-corrected chi connectivity index (χ0v) is 14.6. The van der Waals surface area contributed by atoms with Gasteiger partial charge in [-0.1, -0.05) is 0 Å². The molecule has 2 aromatic rings. The van der Waals surface area contributed by atoms with E-state index in [-0.39, 0.29) is 11.5 Å². The molecule has 2 heterocycles. The average molecular weight is 341 g/mol. The van der Waals surface area contributed by atoms with E-state index >= 15 is 0 Å². The lowest BCUT2D eigenvalue weighted by Gasteiger charge is -2.31. The Morgan fingerprint density at radius 1 is 1.16 bits per heavy atom. The number of hydrogen-bond acceptors (Lipinski definition) is 4. The van der Waals surface area contributed by atoms with E-state index in [4.69, 9.17) is 4.74 Å². The number of ether oxygens (including phenoxy) is 1. The molecule has 25 heavy (non-hydrogen) atoms. The van der Waals surface area contributed by atoms with Crippen molar-refractivity contribution in [2.24, 2.45) is 5.92 Å². The zero-order valence-electron chi connectivity index (χ0n) is 14.6. The van der Waals surface area contributed by atoms with Gasteiger partial charge < -0.3 is 9.64 Å². The summed E-state index contributed by atoms with van der Waals surface area (Å²) < 4.78 is 6.72. The van der Waals surface area contributed by atoms with Crippen molar-refractivity contribution >= 4 is 5.91 Å². The van der Waals surface area contributed by atoms with Crippen molar-refractivity contribution in [2.75, 3.05) is 20.2 Å². The molecular formula is C19H23N3O3. The lowest BCUT2D eigenvalue weighted by atomic mass is 9.97. The van der Waals surface area contributed by atoms with Gasteiger partial charge in [-0.25, -0.2) is 4.68 Å². The summed E-state index contributed by atoms with van der Waals surface area (Å²) in [5.41, 5.74) is 1.62. The van der Waals surface area contributed by atoms with Crippen LogP contribution in [-0.2, 0) is 11.3 Å². The zero-order chi connectivity index (χ0) is 17.8. The highest BCUT2D eigenvalue weighted by Crippen LogP contribution is 2.21. The van der Waals surface area contributed by atoms with Gasteiger partial charge >= 0.3 is 0 Å². The molecule has 0 spiro atoms. The molecule has 1 aromatic carbocycles. The fourth-order valence-electron chi connectivity index (χ4n) is 3.17. The molecule has 3 rings (SSSR count). The molecule has 0 aliphatic carbocycles. The van der Waals surface area contributed by atoms with E-state index in [1.807, 2.05) is 29.2 Å². The summed E-state index contributed by atoms with van der Waals surface area (Å²) in [5.74, 6) is 1.27. The van der Waals surface area contributed by atoms with Crippen molar-refractivity contribution in [3.63, 3.8) is 0 Å². The molecule has 132 valence electrons. The van der Waals surface area contributed by atoms with Crippen LogP contribution < -0.4 is 10.3 Å². The highest BCUT2D eigenvalue weighted by molar-refractivity contribution is 5.73. The molecule has 6 nitrogen and oxygen atoms in total. The quantitative estimate of drug-likeness (QED) is 0.855. The van der Waals surface area contributed by atoms with Gasteiger partial charge in [0.05, 0.1) is 12.8 Å². The topological polar surface area (TPSA) is 64.4 Å². The Kier molecular flexibility index (Phi) is 5.16. The van der Waals surface area contributed by atoms with Gasteiger partial charge in [0, 0.05) is 38.2 Å². The number of aromatic nitrogens is 2. The van der Waals surface area contributed by atoms with E-state index in [1.54, 1.807) is 30.8 Å². The first-order chi connectivity index (χ1) is 12.1. The normalized spacial score (nSPS) is 15.2. The molecule has 0 atom stereocenters. The van der Waals surface area contributed by atoms with E-state index < -0.39 is 0 Å². The Balaban J connectivity index is 1.73. The molecule has 1 aliphatic rings. The number of piperidine rings is 1. The number of nitrogens with zero attached hydrogens (tertiary/aromatic N) is 3. The van der Waals surface area contributed by atoms with Crippen molar-refractivity contribution in [3.8, 4) is 17.0 Å². The van der Waals surface area contributed by atoms with Crippen molar-refractivity contribution in [1.82, 2.24) is 14.7 Å². The number of benzene rings is 1. The maximum Gasteiger partial charge on any atom is 0.266 e. The van der Waals surface area contributed by atoms with Crippen LogP contribution in [0.2, 0.25) is 0 Å². The van der Waals surface area contributed by atoms with Gasteiger partial charge in [0.15, 0.2) is 0 Å². The highest BCUT2D eigenvalue weighted by Gasteiger charge is 2.21. The monoisotopic (exact) mass is 341 g/mol. The van der Waals surface area contributed by atoms with Crippen LogP contribution in [0, 0.1) is 5.92 Å². The number of hydrogen-bond donors (Lipinski definition) is 0. The first-order valence-corrected chi connectivity index (χ1v) is 8.55. The van der Waals surface area contributed by atoms with Crippen LogP contribution >= 0.6 is 0 Å². The largest absolute Gasteiger partial charge is 0.497 e. The summed E-state index contributed by atoms with van der Waals surface area (Å²) in [7, 11) is 1.63. The predicted molar refractivity (Wildman–Crippen MR) is 95.5 cm³/mol. The number of carbonyl (C=O) groups excluding carboxylic acids is 1. The Morgan fingerprint density at radius 3 is 2.44 bits per heavy atom. The minimum Gasteiger partial charge on any atom is -0.497 e. The average Bonchev–Trinajstić information content (AvgIpc) is 2.64. The van der Waals surface area contributed by atoms with E-state index in [0.29, 0.717) is 12.5 Å². The first-order valence-electron chi connectivity index (χ1n) is 8.55. The van der Waals surface area contributed by atoms with E-state index in [9.17, 15) is 9.59 Å². The lowest BCUT2D eigenvalue weighted by Crippen LogP contribution is -2.39. The summed E-state index contributed by atoms with van der Waals surface area (Å²) in [4.78, 5) is 25.4. The molecule has 1 aliphatic heterocycles. The molecule has 0 saturated carbocycles. The van der Waals surface area contributed by atoms with Gasteiger partial charge in [-0.05, 0) is 49.1 Å². The Labute approximate surface area is 147 Å². The molecule has 0 unspecified atom stereocenters. The molecule has 0 radical (unpaired) electrons. The predicted octanol–water partition coefficient (Wildman–Crippen LogP) is 2.18. The minimum absolute atomic E-state index is 0.0914. The van der Waals surface area contributed by atoms with Crippen LogP contribution in [0.15, 0.2) is 41.2 Å². The van der Waals surface area contributed by atoms with Crippen molar-refractivity contribution < 1.29 is 9.53 Å². The van der Waals surface area contributed by atoms with Gasteiger partial charge in [-0.3, -0.25) is 9.59 Å². The van der Waals surface area contributed by atoms with Crippen molar-refractivity contribution in [1.29, 1.82) is 0 Å². The van der Waals surface area contributed by atoms with Gasteiger partial charge in [-0.2, -0.15) is 5.10 Å². The Morgan fingerprint density at radius 2 is 1.84 bits per heavy atom. The number of amides is 1. The van der Waals surface area contributed by atoms with Gasteiger partial charge in [0.25, 0.3) is 5.56 Å². The van der Waals surface area contributed by atoms with E-state index in [0.717, 1.165) is 42.9 Å². The second-order valence-electron chi connectivity index (χ2n) is 6.42. The maximum absolute atomic E-state index is 12.2. The van der Waals surface area contributed by atoms with Crippen molar-refractivity contribution in [2.45, 2.75) is 26.3 Å². The van der Waals surface area contributed by atoms with Crippen LogP contribution in [0.4, 0.5) is 0 Å². The SMILES string of the molecule is COc1ccc(-c2ccc(=O)n(CC3CCN(C(C)=O)CC3)n2)cc1. The molecule has 1 aromatic heterocycles. The third-order valence-corrected chi connectivity index (χ3v) is 4.74. The highest BCUT2D eigenvalue weighted by atomic mass is 16.5. The standard InChI is InChI=1S/C19H23N3O3/c1-14(23)21-11-9-15(10-12-21)13-22-19(24)8-7-18(20-22)16-3-5-17(25-2)6-4-16/h3-8,15H,9-13H2,1-2H3. The first kappa shape index (κ1) is 17.2. The lowest BCUT2D eigenvalue weighted by molar-refractivity contribution is -0.130. The summed E-state index contributed by atoms with van der Waals surface area (Å²) in [6.45, 7) is 3.71. The second kappa shape index (κ2) is 7.51. The van der Waals surface area contributed by atoms with Crippen LogP contribution in [0.1, 0.15) is 19.8 Å². The minimum atomic E-state index is -0.0914. The van der Waals surface area contributed by atoms with Crippen LogP contribution in [-0.4, -0.2) is 40.8 Å². The number of rotatable bonds is 4. The molecule has 1 fully saturated rings. The van der Waals surface area contributed by atoms with Crippen LogP contribution in [0.3, 0.4) is 0 Å². The number of likely N-dealkylation sites (tertiary alicyclic amines) is 1. The third kappa shape index (κ3) is 4.07. The maximum atomic E-state index is 12.2. The fourth-order valence-corrected chi connectivity index (χ4v) is 3.17. The fraction of sp³-hybridized carbons (Fsp3) is 0.421. The summed E-state index contributed by atoms with van der Waals surface area (Å²) in [5, 5.41) is 4.53. The van der Waals surface area contributed by atoms with E-state index in [2.05, 4.69) is 5.10 Å². The molecule has 0 bridgehead atoms. The van der Waals surface area contributed by atoms with Gasteiger partial charge in [0.2, 0.25) is 5.91 Å². The molecule has 1 saturated heterocycles. The number of carbonyl (C=O) groups is 1. The van der Waals surface area contributed by atoms with Gasteiger partial charge in [0.1, 0.15) is 5.75 Å². The summed E-state index contributed by atoms with van der Waals surface area (Å²) in [6.07, 6.45) is 1.81. The van der Waals surface area contributed by atoms with E-state index in [1.165, 1.54) is 0 Å². The molecule has 0 N–H and O–H groups in total. The summed E-state index contributed by atoms with van der Waals surface area (Å²) in [6, 6.07) is 10.9. The molecule has 6 heteroatoms. The Hall–Kier alpha value is -2.63.